The van der Waals surface area contributed by atoms with Crippen molar-refractivity contribution in [2.24, 2.45) is 5.73 Å². The van der Waals surface area contributed by atoms with Gasteiger partial charge < -0.3 is 5.73 Å². The lowest BCUT2D eigenvalue weighted by atomic mass is 10.0. The summed E-state index contributed by atoms with van der Waals surface area (Å²) in [5.41, 5.74) is 8.55. The molecule has 2 nitrogen and oxygen atoms in total. The van der Waals surface area contributed by atoms with Crippen molar-refractivity contribution in [1.29, 1.82) is 0 Å². The van der Waals surface area contributed by atoms with Crippen LogP contribution in [0.2, 0.25) is 0 Å². The zero-order valence-electron chi connectivity index (χ0n) is 9.62. The smallest absolute Gasteiger partial charge is 0.0844 e. The molecule has 0 saturated heterocycles. The van der Waals surface area contributed by atoms with Crippen LogP contribution in [0.3, 0.4) is 0 Å². The van der Waals surface area contributed by atoms with Gasteiger partial charge in [-0.15, -0.1) is 0 Å². The fraction of sp³-hybridized carbons (Fsp3) is 0.357. The van der Waals surface area contributed by atoms with E-state index < -0.39 is 0 Å². The minimum atomic E-state index is 0.131. The summed E-state index contributed by atoms with van der Waals surface area (Å²) in [6, 6.07) is 8.39. The molecular formula is C14H15BrN2. The van der Waals surface area contributed by atoms with Crippen LogP contribution in [0.4, 0.5) is 0 Å². The first kappa shape index (κ1) is 11.2. The Balaban J connectivity index is 1.86. The molecule has 3 heteroatoms. The summed E-state index contributed by atoms with van der Waals surface area (Å²) in [5.74, 6) is 0. The van der Waals surface area contributed by atoms with Crippen LogP contribution in [0.5, 0.6) is 0 Å². The highest BCUT2D eigenvalue weighted by molar-refractivity contribution is 9.10. The third kappa shape index (κ3) is 2.35. The predicted molar refractivity (Wildman–Crippen MR) is 73.9 cm³/mol. The molecule has 0 bridgehead atoms. The molecule has 88 valence electrons. The second kappa shape index (κ2) is 4.07. The second-order valence-corrected chi connectivity index (χ2v) is 5.87. The molecule has 1 aromatic carbocycles. The van der Waals surface area contributed by atoms with Crippen molar-refractivity contribution < 1.29 is 0 Å². The Hall–Kier alpha value is -0.930. The van der Waals surface area contributed by atoms with E-state index in [1.165, 1.54) is 23.8 Å². The summed E-state index contributed by atoms with van der Waals surface area (Å²) in [6.45, 7) is 0. The van der Waals surface area contributed by atoms with Gasteiger partial charge in [0, 0.05) is 21.6 Å². The van der Waals surface area contributed by atoms with E-state index in [0.717, 1.165) is 22.8 Å². The van der Waals surface area contributed by atoms with E-state index in [2.05, 4.69) is 33.0 Å². The largest absolute Gasteiger partial charge is 0.325 e. The van der Waals surface area contributed by atoms with Gasteiger partial charge in [0.1, 0.15) is 0 Å². The third-order valence-electron chi connectivity index (χ3n) is 3.52. The molecule has 17 heavy (non-hydrogen) atoms. The van der Waals surface area contributed by atoms with Crippen LogP contribution in [0.1, 0.15) is 24.8 Å². The van der Waals surface area contributed by atoms with E-state index in [4.69, 9.17) is 5.73 Å². The van der Waals surface area contributed by atoms with E-state index in [-0.39, 0.29) is 5.54 Å². The minimum Gasteiger partial charge on any atom is -0.325 e. The SMILES string of the molecule is NC1(CCc2cnc3c(Br)cccc3c2)CC1. The highest BCUT2D eigenvalue weighted by Gasteiger charge is 2.37. The number of hydrogen-bond donors (Lipinski definition) is 1. The van der Waals surface area contributed by atoms with Crippen LogP contribution in [0, 0.1) is 0 Å². The molecule has 0 unspecified atom stereocenters. The van der Waals surface area contributed by atoms with Crippen molar-refractivity contribution in [3.63, 3.8) is 0 Å². The highest BCUT2D eigenvalue weighted by Crippen LogP contribution is 2.36. The van der Waals surface area contributed by atoms with Gasteiger partial charge in [-0.1, -0.05) is 12.1 Å². The average molecular weight is 291 g/mol. The molecule has 0 amide bonds. The van der Waals surface area contributed by atoms with Gasteiger partial charge in [-0.2, -0.15) is 0 Å². The van der Waals surface area contributed by atoms with Gasteiger partial charge in [-0.05, 0) is 59.3 Å². The molecule has 0 radical (unpaired) electrons. The molecule has 0 atom stereocenters. The summed E-state index contributed by atoms with van der Waals surface area (Å²) in [7, 11) is 0. The van der Waals surface area contributed by atoms with Crippen LogP contribution in [0.25, 0.3) is 10.9 Å². The lowest BCUT2D eigenvalue weighted by Gasteiger charge is -2.08. The quantitative estimate of drug-likeness (QED) is 0.941. The Kier molecular flexibility index (Phi) is 2.68. The Morgan fingerprint density at radius 3 is 2.94 bits per heavy atom. The average Bonchev–Trinajstić information content (AvgIpc) is 3.06. The summed E-state index contributed by atoms with van der Waals surface area (Å²) >= 11 is 3.52. The zero-order valence-corrected chi connectivity index (χ0v) is 11.2. The fourth-order valence-electron chi connectivity index (χ4n) is 2.11. The minimum absolute atomic E-state index is 0.131. The molecule has 1 aliphatic rings. The first-order valence-electron chi connectivity index (χ1n) is 5.98. The van der Waals surface area contributed by atoms with Crippen molar-refractivity contribution in [1.82, 2.24) is 4.98 Å². The number of aryl methyl sites for hydroxylation is 1. The lowest BCUT2D eigenvalue weighted by molar-refractivity contribution is 0.609. The standard InChI is InChI=1S/C14H15BrN2/c15-12-3-1-2-11-8-10(9-17-13(11)12)4-5-14(16)6-7-14/h1-3,8-9H,4-7,16H2. The van der Waals surface area contributed by atoms with Crippen molar-refractivity contribution in [2.75, 3.05) is 0 Å². The van der Waals surface area contributed by atoms with Gasteiger partial charge in [-0.25, -0.2) is 0 Å². The summed E-state index contributed by atoms with van der Waals surface area (Å²) in [4.78, 5) is 4.51. The molecule has 2 N–H and O–H groups in total. The first-order chi connectivity index (χ1) is 8.16. The lowest BCUT2D eigenvalue weighted by Crippen LogP contribution is -2.22. The molecule has 1 saturated carbocycles. The van der Waals surface area contributed by atoms with E-state index in [9.17, 15) is 0 Å². The van der Waals surface area contributed by atoms with Crippen LogP contribution in [0.15, 0.2) is 34.9 Å². The second-order valence-electron chi connectivity index (χ2n) is 5.02. The fourth-order valence-corrected chi connectivity index (χ4v) is 2.59. The first-order valence-corrected chi connectivity index (χ1v) is 6.78. The maximum atomic E-state index is 6.10. The Morgan fingerprint density at radius 2 is 2.18 bits per heavy atom. The van der Waals surface area contributed by atoms with Gasteiger partial charge in [0.05, 0.1) is 5.52 Å². The van der Waals surface area contributed by atoms with E-state index in [1.807, 2.05) is 18.3 Å². The van der Waals surface area contributed by atoms with Crippen molar-refractivity contribution >= 4 is 26.8 Å². The van der Waals surface area contributed by atoms with E-state index in [0.29, 0.717) is 0 Å². The number of para-hydroxylation sites is 1. The number of pyridine rings is 1. The Bertz CT molecular complexity index is 561. The molecule has 1 aromatic heterocycles. The van der Waals surface area contributed by atoms with Crippen molar-refractivity contribution in [3.8, 4) is 0 Å². The van der Waals surface area contributed by atoms with E-state index >= 15 is 0 Å². The van der Waals surface area contributed by atoms with Crippen molar-refractivity contribution in [3.05, 3.63) is 40.5 Å². The van der Waals surface area contributed by atoms with Gasteiger partial charge in [0.25, 0.3) is 0 Å². The summed E-state index contributed by atoms with van der Waals surface area (Å²) in [5, 5.41) is 1.19. The normalized spacial score (nSPS) is 17.3. The van der Waals surface area contributed by atoms with Crippen LogP contribution in [-0.2, 0) is 6.42 Å². The monoisotopic (exact) mass is 290 g/mol. The predicted octanol–water partition coefficient (Wildman–Crippen LogP) is 3.42. The molecule has 1 aliphatic carbocycles. The number of nitrogens with zero attached hydrogens (tertiary/aromatic N) is 1. The molecule has 3 rings (SSSR count). The Labute approximate surface area is 109 Å². The molecule has 2 aromatic rings. The van der Waals surface area contributed by atoms with Gasteiger partial charge >= 0.3 is 0 Å². The maximum Gasteiger partial charge on any atom is 0.0844 e. The molecule has 1 heterocycles. The number of fused-ring (bicyclic) bond motifs is 1. The van der Waals surface area contributed by atoms with Gasteiger partial charge in [0.15, 0.2) is 0 Å². The topological polar surface area (TPSA) is 38.9 Å². The molecule has 1 fully saturated rings. The van der Waals surface area contributed by atoms with Crippen molar-refractivity contribution in [2.45, 2.75) is 31.2 Å². The number of halogens is 1. The van der Waals surface area contributed by atoms with Crippen LogP contribution < -0.4 is 5.73 Å². The van der Waals surface area contributed by atoms with Crippen LogP contribution in [-0.4, -0.2) is 10.5 Å². The maximum absolute atomic E-state index is 6.10. The molecular weight excluding hydrogens is 276 g/mol. The number of rotatable bonds is 3. The summed E-state index contributed by atoms with van der Waals surface area (Å²) in [6.07, 6.45) is 6.44. The zero-order chi connectivity index (χ0) is 11.9. The number of hydrogen-bond acceptors (Lipinski definition) is 2. The third-order valence-corrected chi connectivity index (χ3v) is 4.16. The highest BCUT2D eigenvalue weighted by atomic mass is 79.9. The molecule has 0 spiro atoms. The van der Waals surface area contributed by atoms with Gasteiger partial charge in [0.2, 0.25) is 0 Å². The van der Waals surface area contributed by atoms with Crippen LogP contribution >= 0.6 is 15.9 Å². The molecule has 0 aliphatic heterocycles. The van der Waals surface area contributed by atoms with Gasteiger partial charge in [-0.3, -0.25) is 4.98 Å². The number of nitrogens with two attached hydrogens (primary N) is 1. The Morgan fingerprint density at radius 1 is 1.35 bits per heavy atom. The summed E-state index contributed by atoms with van der Waals surface area (Å²) < 4.78 is 1.05. The number of benzene rings is 1. The number of aromatic nitrogens is 1. The van der Waals surface area contributed by atoms with E-state index in [1.54, 1.807) is 0 Å².